The van der Waals surface area contributed by atoms with Crippen LogP contribution < -0.4 is 0 Å². The SMILES string of the molecule is CCCCCCCCCCCCCCCCCCCCC(=O)OC[C@H](COP(=O)(O)OC[C@@H](O)COP(=O)(O)OC[C@@H](COC(=O)CCCCCCCCCCCC(C)C)OC(=O)CCCCCCCCCCCCCCCCC(C)C)OC(=O)CCCCCCCCCCCCCCCCC(C)CC. The number of aliphatic hydroxyl groups excluding tert-OH is 1. The smallest absolute Gasteiger partial charge is 0.462 e. The molecule has 0 fully saturated rings. The van der Waals surface area contributed by atoms with Crippen LogP contribution in [-0.2, 0) is 65.4 Å². The summed E-state index contributed by atoms with van der Waals surface area (Å²) in [5, 5.41) is 10.7. The van der Waals surface area contributed by atoms with Crippen molar-refractivity contribution in [2.24, 2.45) is 17.8 Å². The Labute approximate surface area is 645 Å². The lowest BCUT2D eigenvalue weighted by Gasteiger charge is -2.21. The van der Waals surface area contributed by atoms with Gasteiger partial charge in [-0.3, -0.25) is 37.3 Å². The minimum Gasteiger partial charge on any atom is -0.462 e. The number of ether oxygens (including phenoxy) is 4. The van der Waals surface area contributed by atoms with Gasteiger partial charge in [-0.1, -0.05) is 402 Å². The number of phosphoric acid groups is 2. The summed E-state index contributed by atoms with van der Waals surface area (Å²) in [6, 6.07) is 0. The Morgan fingerprint density at radius 2 is 0.486 bits per heavy atom. The lowest BCUT2D eigenvalue weighted by Crippen LogP contribution is -2.30. The molecule has 19 heteroatoms. The molecule has 0 saturated carbocycles. The summed E-state index contributed by atoms with van der Waals surface area (Å²) in [6.07, 6.45) is 66.5. The van der Waals surface area contributed by atoms with Crippen molar-refractivity contribution in [3.05, 3.63) is 0 Å². The van der Waals surface area contributed by atoms with Crippen molar-refractivity contribution in [1.29, 1.82) is 0 Å². The molecule has 0 amide bonds. The van der Waals surface area contributed by atoms with Gasteiger partial charge in [0, 0.05) is 25.7 Å². The molecule has 0 aliphatic carbocycles. The van der Waals surface area contributed by atoms with Crippen LogP contribution in [0.3, 0.4) is 0 Å². The number of rotatable bonds is 84. The van der Waals surface area contributed by atoms with Crippen molar-refractivity contribution in [2.75, 3.05) is 39.6 Å². The first-order valence-electron chi connectivity index (χ1n) is 44.4. The van der Waals surface area contributed by atoms with Gasteiger partial charge in [0.1, 0.15) is 19.3 Å². The van der Waals surface area contributed by atoms with Gasteiger partial charge < -0.3 is 33.8 Å². The summed E-state index contributed by atoms with van der Waals surface area (Å²) in [5.41, 5.74) is 0. The van der Waals surface area contributed by atoms with Crippen molar-refractivity contribution in [3.8, 4) is 0 Å². The van der Waals surface area contributed by atoms with E-state index in [1.54, 1.807) is 0 Å². The molecule has 6 atom stereocenters. The largest absolute Gasteiger partial charge is 0.472 e. The summed E-state index contributed by atoms with van der Waals surface area (Å²) in [6.45, 7) is 12.0. The predicted octanol–water partition coefficient (Wildman–Crippen LogP) is 26.1. The molecule has 0 saturated heterocycles. The Balaban J connectivity index is 5.27. The number of esters is 4. The molecule has 3 unspecified atom stereocenters. The Morgan fingerprint density at radius 1 is 0.276 bits per heavy atom. The van der Waals surface area contributed by atoms with E-state index in [9.17, 15) is 43.2 Å². The second kappa shape index (κ2) is 76.1. The van der Waals surface area contributed by atoms with Crippen LogP contribution in [-0.4, -0.2) is 96.7 Å². The van der Waals surface area contributed by atoms with E-state index in [1.807, 2.05) is 0 Å². The van der Waals surface area contributed by atoms with E-state index in [0.29, 0.717) is 25.7 Å². The molecule has 0 radical (unpaired) electrons. The van der Waals surface area contributed by atoms with Crippen LogP contribution in [0.4, 0.5) is 0 Å². The first-order chi connectivity index (χ1) is 50.8. The zero-order valence-corrected chi connectivity index (χ0v) is 71.0. The number of aliphatic hydroxyl groups is 1. The number of hydrogen-bond donors (Lipinski definition) is 3. The summed E-state index contributed by atoms with van der Waals surface area (Å²) in [7, 11) is -9.93. The number of carbonyl (C=O) groups excluding carboxylic acids is 4. The van der Waals surface area contributed by atoms with E-state index in [2.05, 4.69) is 48.5 Å². The maximum atomic E-state index is 13.1. The van der Waals surface area contributed by atoms with Crippen LogP contribution in [0.2, 0.25) is 0 Å². The molecular weight excluding hydrogens is 1370 g/mol. The van der Waals surface area contributed by atoms with E-state index in [0.717, 1.165) is 108 Å². The van der Waals surface area contributed by atoms with E-state index in [1.165, 1.54) is 263 Å². The number of carbonyl (C=O) groups is 4. The van der Waals surface area contributed by atoms with E-state index >= 15 is 0 Å². The Hall–Kier alpha value is -1.94. The van der Waals surface area contributed by atoms with Crippen molar-refractivity contribution in [3.63, 3.8) is 0 Å². The second-order valence-electron chi connectivity index (χ2n) is 32.1. The topological polar surface area (TPSA) is 237 Å². The average Bonchev–Trinajstić information content (AvgIpc) is 0.925. The summed E-state index contributed by atoms with van der Waals surface area (Å²) < 4.78 is 68.9. The van der Waals surface area contributed by atoms with Crippen molar-refractivity contribution >= 4 is 39.5 Å². The highest BCUT2D eigenvalue weighted by Crippen LogP contribution is 2.45. The van der Waals surface area contributed by atoms with Crippen molar-refractivity contribution < 1.29 is 80.2 Å². The third-order valence-electron chi connectivity index (χ3n) is 20.5. The monoisotopic (exact) mass is 1540 g/mol. The van der Waals surface area contributed by atoms with E-state index in [4.69, 9.17) is 37.0 Å². The molecule has 105 heavy (non-hydrogen) atoms. The summed E-state index contributed by atoms with van der Waals surface area (Å²) in [4.78, 5) is 73.3. The molecule has 0 aromatic rings. The molecule has 0 aromatic carbocycles. The molecular formula is C86H168O17P2. The molecule has 0 aliphatic heterocycles. The normalized spacial score (nSPS) is 14.1. The van der Waals surface area contributed by atoms with Gasteiger partial charge in [-0.05, 0) is 43.4 Å². The Morgan fingerprint density at radius 3 is 0.724 bits per heavy atom. The lowest BCUT2D eigenvalue weighted by molar-refractivity contribution is -0.161. The van der Waals surface area contributed by atoms with Crippen LogP contribution in [0.5, 0.6) is 0 Å². The van der Waals surface area contributed by atoms with Gasteiger partial charge in [0.2, 0.25) is 0 Å². The van der Waals surface area contributed by atoms with Gasteiger partial charge in [-0.15, -0.1) is 0 Å². The highest BCUT2D eigenvalue weighted by molar-refractivity contribution is 7.47. The Kier molecular flexibility index (Phi) is 74.7. The minimum absolute atomic E-state index is 0.107. The quantitative estimate of drug-likeness (QED) is 0.0222. The van der Waals surface area contributed by atoms with Crippen LogP contribution >= 0.6 is 15.6 Å². The summed E-state index contributed by atoms with van der Waals surface area (Å²) in [5.74, 6) is 0.281. The van der Waals surface area contributed by atoms with E-state index in [-0.39, 0.29) is 25.7 Å². The van der Waals surface area contributed by atoms with Gasteiger partial charge in [0.15, 0.2) is 12.2 Å². The average molecular weight is 1540 g/mol. The second-order valence-corrected chi connectivity index (χ2v) is 35.0. The molecule has 0 aromatic heterocycles. The lowest BCUT2D eigenvalue weighted by atomic mass is 9.99. The fourth-order valence-electron chi connectivity index (χ4n) is 13.3. The van der Waals surface area contributed by atoms with Crippen LogP contribution in [0.1, 0.15) is 453 Å². The molecule has 0 rings (SSSR count). The maximum Gasteiger partial charge on any atom is 0.472 e. The number of phosphoric ester groups is 2. The third kappa shape index (κ3) is 78.5. The van der Waals surface area contributed by atoms with Gasteiger partial charge >= 0.3 is 39.5 Å². The van der Waals surface area contributed by atoms with Gasteiger partial charge in [0.05, 0.1) is 26.4 Å². The zero-order chi connectivity index (χ0) is 77.2. The highest BCUT2D eigenvalue weighted by atomic mass is 31.2. The number of unbranched alkanes of at least 4 members (excludes halogenated alkanes) is 51. The molecule has 3 N–H and O–H groups in total. The first kappa shape index (κ1) is 103. The first-order valence-corrected chi connectivity index (χ1v) is 47.4. The third-order valence-corrected chi connectivity index (χ3v) is 22.4. The molecule has 0 spiro atoms. The van der Waals surface area contributed by atoms with E-state index < -0.39 is 97.5 Å². The van der Waals surface area contributed by atoms with Gasteiger partial charge in [0.25, 0.3) is 0 Å². The molecule has 624 valence electrons. The van der Waals surface area contributed by atoms with Crippen LogP contribution in [0.15, 0.2) is 0 Å². The van der Waals surface area contributed by atoms with Crippen molar-refractivity contribution in [1.82, 2.24) is 0 Å². The van der Waals surface area contributed by atoms with Gasteiger partial charge in [-0.2, -0.15) is 0 Å². The predicted molar refractivity (Wildman–Crippen MR) is 432 cm³/mol. The molecule has 0 aliphatic rings. The molecule has 0 heterocycles. The van der Waals surface area contributed by atoms with Crippen molar-refractivity contribution in [2.45, 2.75) is 471 Å². The molecule has 0 bridgehead atoms. The number of hydrogen-bond acceptors (Lipinski definition) is 15. The maximum absolute atomic E-state index is 13.1. The summed E-state index contributed by atoms with van der Waals surface area (Å²) >= 11 is 0. The minimum atomic E-state index is -4.97. The van der Waals surface area contributed by atoms with Gasteiger partial charge in [-0.25, -0.2) is 9.13 Å². The molecule has 17 nitrogen and oxygen atoms in total. The van der Waals surface area contributed by atoms with Crippen LogP contribution in [0.25, 0.3) is 0 Å². The standard InChI is InChI=1S/C86H168O17P2/c1-8-10-11-12-13-14-15-16-17-18-19-20-27-32-39-46-53-60-67-83(88)96-73-81(102-85(90)70-63-56-49-41-34-29-24-22-26-31-38-45-52-59-66-79(7)9-2)75-100-104(92,93)98-71-80(87)72-99-105(94,95)101-76-82(74-97-84(89)68-61-54-47-42-35-37-44-51-58-65-78(5)6)103-86(91)69-62-55-48-40-33-28-23-21-25-30-36-43-50-57-64-77(3)4/h77-82,87H,8-76H2,1-7H3,(H,92,93)(H,94,95)/t79?,80-,81-,82-/m1/s1. The zero-order valence-electron chi connectivity index (χ0n) is 69.2. The Bertz CT molecular complexity index is 2030. The highest BCUT2D eigenvalue weighted by Gasteiger charge is 2.30. The van der Waals surface area contributed by atoms with Crippen LogP contribution in [0, 0.1) is 17.8 Å². The fourth-order valence-corrected chi connectivity index (χ4v) is 14.9. The fraction of sp³-hybridized carbons (Fsp3) is 0.953.